The summed E-state index contributed by atoms with van der Waals surface area (Å²) in [4.78, 5) is 9.21. The minimum atomic E-state index is 0.644. The number of aromatic nitrogens is 2. The lowest BCUT2D eigenvalue weighted by Gasteiger charge is -2.19. The number of pyridine rings is 2. The summed E-state index contributed by atoms with van der Waals surface area (Å²) >= 11 is 0. The highest BCUT2D eigenvalue weighted by molar-refractivity contribution is 5.87. The maximum atomic E-state index is 9.45. The maximum absolute atomic E-state index is 9.45. The van der Waals surface area contributed by atoms with E-state index in [4.69, 9.17) is 4.98 Å². The smallest absolute Gasteiger partial charge is 0.138 e. The zero-order valence-corrected chi connectivity index (χ0v) is 15.7. The summed E-state index contributed by atoms with van der Waals surface area (Å²) in [6, 6.07) is 14.2. The molecule has 0 saturated heterocycles. The predicted octanol–water partition coefficient (Wildman–Crippen LogP) is 4.98. The summed E-state index contributed by atoms with van der Waals surface area (Å²) in [5, 5.41) is 15.8. The van der Waals surface area contributed by atoms with E-state index in [2.05, 4.69) is 34.3 Å². The highest BCUT2D eigenvalue weighted by Crippen LogP contribution is 2.37. The second-order valence-corrected chi connectivity index (χ2v) is 6.63. The maximum Gasteiger partial charge on any atom is 0.138 e. The molecule has 0 bridgehead atoms. The molecular formula is C23H19N5. The van der Waals surface area contributed by atoms with Gasteiger partial charge in [-0.2, -0.15) is 5.26 Å². The van der Waals surface area contributed by atoms with Crippen molar-refractivity contribution in [3.63, 3.8) is 0 Å². The van der Waals surface area contributed by atoms with E-state index in [0.717, 1.165) is 50.8 Å². The first kappa shape index (κ1) is 17.5. The SMILES string of the molecule is C=C1C=Cc2cc(-c3ccnc(NC)c3)c(-c3ccc(C)c(C#N)c3)nc2N1. The Hall–Kier alpha value is -3.91. The van der Waals surface area contributed by atoms with Crippen LogP contribution in [0.2, 0.25) is 0 Å². The second-order valence-electron chi connectivity index (χ2n) is 6.63. The molecule has 0 atom stereocenters. The van der Waals surface area contributed by atoms with Crippen LogP contribution in [0.5, 0.6) is 0 Å². The van der Waals surface area contributed by atoms with Gasteiger partial charge < -0.3 is 10.6 Å². The van der Waals surface area contributed by atoms with Gasteiger partial charge in [0.25, 0.3) is 0 Å². The number of nitriles is 1. The third kappa shape index (κ3) is 3.12. The van der Waals surface area contributed by atoms with Crippen LogP contribution in [0.4, 0.5) is 11.6 Å². The molecule has 1 aliphatic rings. The monoisotopic (exact) mass is 365 g/mol. The van der Waals surface area contributed by atoms with Crippen LogP contribution in [-0.4, -0.2) is 17.0 Å². The molecule has 3 aromatic rings. The highest BCUT2D eigenvalue weighted by Gasteiger charge is 2.17. The summed E-state index contributed by atoms with van der Waals surface area (Å²) in [5.41, 5.74) is 7.05. The summed E-state index contributed by atoms with van der Waals surface area (Å²) < 4.78 is 0. The van der Waals surface area contributed by atoms with Crippen molar-refractivity contribution >= 4 is 17.7 Å². The lowest BCUT2D eigenvalue weighted by molar-refractivity contribution is 1.25. The van der Waals surface area contributed by atoms with E-state index in [1.807, 2.05) is 56.5 Å². The van der Waals surface area contributed by atoms with E-state index >= 15 is 0 Å². The minimum Gasteiger partial charge on any atom is -0.373 e. The van der Waals surface area contributed by atoms with E-state index in [-0.39, 0.29) is 0 Å². The molecule has 5 nitrogen and oxygen atoms in total. The summed E-state index contributed by atoms with van der Waals surface area (Å²) in [7, 11) is 1.84. The molecule has 0 radical (unpaired) electrons. The van der Waals surface area contributed by atoms with Crippen LogP contribution >= 0.6 is 0 Å². The molecule has 5 heteroatoms. The number of rotatable bonds is 3. The van der Waals surface area contributed by atoms with Crippen molar-refractivity contribution in [1.82, 2.24) is 9.97 Å². The Morgan fingerprint density at radius 1 is 1.11 bits per heavy atom. The van der Waals surface area contributed by atoms with Crippen LogP contribution in [0, 0.1) is 18.3 Å². The van der Waals surface area contributed by atoms with Gasteiger partial charge in [-0.15, -0.1) is 0 Å². The van der Waals surface area contributed by atoms with E-state index in [9.17, 15) is 5.26 Å². The van der Waals surface area contributed by atoms with E-state index < -0.39 is 0 Å². The van der Waals surface area contributed by atoms with Gasteiger partial charge in [-0.1, -0.05) is 18.7 Å². The summed E-state index contributed by atoms with van der Waals surface area (Å²) in [5.74, 6) is 1.54. The van der Waals surface area contributed by atoms with E-state index in [0.29, 0.717) is 5.56 Å². The molecule has 0 saturated carbocycles. The standard InChI is InChI=1S/C23H19N5/c1-14-4-6-17(10-19(14)13-24)22-20(16-8-9-26-21(12-16)25-3)11-18-7-5-15(2)27-23(18)28-22/h4-12H,2H2,1,3H3,(H,25,26)(H,27,28). The first-order chi connectivity index (χ1) is 13.6. The van der Waals surface area contributed by atoms with Crippen molar-refractivity contribution < 1.29 is 0 Å². The Balaban J connectivity index is 1.98. The van der Waals surface area contributed by atoms with E-state index in [1.165, 1.54) is 0 Å². The van der Waals surface area contributed by atoms with E-state index in [1.54, 1.807) is 6.20 Å². The number of hydrogen-bond donors (Lipinski definition) is 2. The second kappa shape index (κ2) is 7.01. The Morgan fingerprint density at radius 2 is 1.96 bits per heavy atom. The van der Waals surface area contributed by atoms with Crippen molar-refractivity contribution in [3.8, 4) is 28.5 Å². The van der Waals surface area contributed by atoms with Crippen LogP contribution in [0.25, 0.3) is 28.5 Å². The van der Waals surface area contributed by atoms with Gasteiger partial charge in [0.1, 0.15) is 11.6 Å². The average Bonchev–Trinajstić information content (AvgIpc) is 2.73. The zero-order chi connectivity index (χ0) is 19.7. The number of fused-ring (bicyclic) bond motifs is 1. The molecule has 2 N–H and O–H groups in total. The number of hydrogen-bond acceptors (Lipinski definition) is 5. The molecule has 2 aromatic heterocycles. The third-order valence-electron chi connectivity index (χ3n) is 4.75. The molecule has 3 heterocycles. The number of benzene rings is 1. The third-order valence-corrected chi connectivity index (χ3v) is 4.75. The van der Waals surface area contributed by atoms with Gasteiger partial charge in [-0.3, -0.25) is 0 Å². The van der Waals surface area contributed by atoms with Gasteiger partial charge in [0.05, 0.1) is 17.3 Å². The fourth-order valence-electron chi connectivity index (χ4n) is 3.20. The quantitative estimate of drug-likeness (QED) is 0.684. The van der Waals surface area contributed by atoms with Crippen LogP contribution < -0.4 is 10.6 Å². The van der Waals surface area contributed by atoms with Crippen LogP contribution in [0.1, 0.15) is 16.7 Å². The van der Waals surface area contributed by atoms with Gasteiger partial charge in [0.15, 0.2) is 0 Å². The fraction of sp³-hybridized carbons (Fsp3) is 0.0870. The topological polar surface area (TPSA) is 73.6 Å². The highest BCUT2D eigenvalue weighted by atomic mass is 15.0. The number of nitrogens with one attached hydrogen (secondary N) is 2. The normalized spacial score (nSPS) is 12.1. The molecular weight excluding hydrogens is 346 g/mol. The molecule has 1 aliphatic heterocycles. The zero-order valence-electron chi connectivity index (χ0n) is 15.7. The first-order valence-electron chi connectivity index (χ1n) is 8.93. The Labute approximate surface area is 164 Å². The molecule has 0 amide bonds. The molecule has 136 valence electrons. The van der Waals surface area contributed by atoms with Gasteiger partial charge in [0.2, 0.25) is 0 Å². The fourth-order valence-corrected chi connectivity index (χ4v) is 3.20. The predicted molar refractivity (Wildman–Crippen MR) is 114 cm³/mol. The van der Waals surface area contributed by atoms with Gasteiger partial charge >= 0.3 is 0 Å². The summed E-state index contributed by atoms with van der Waals surface area (Å²) in [6.45, 7) is 5.89. The molecule has 4 rings (SSSR count). The number of allylic oxidation sites excluding steroid dienone is 1. The minimum absolute atomic E-state index is 0.644. The largest absolute Gasteiger partial charge is 0.373 e. The molecule has 0 fully saturated rings. The summed E-state index contributed by atoms with van der Waals surface area (Å²) in [6.07, 6.45) is 5.71. The Bertz CT molecular complexity index is 1170. The van der Waals surface area contributed by atoms with Gasteiger partial charge in [-0.05, 0) is 54.5 Å². The van der Waals surface area contributed by atoms with Gasteiger partial charge in [-0.25, -0.2) is 9.97 Å². The van der Waals surface area contributed by atoms with Crippen molar-refractivity contribution in [1.29, 1.82) is 5.26 Å². The lowest BCUT2D eigenvalue weighted by atomic mass is 9.95. The number of nitrogens with zero attached hydrogens (tertiary/aromatic N) is 3. The van der Waals surface area contributed by atoms with Crippen molar-refractivity contribution in [2.24, 2.45) is 0 Å². The van der Waals surface area contributed by atoms with Gasteiger partial charge in [0, 0.05) is 35.6 Å². The average molecular weight is 365 g/mol. The van der Waals surface area contributed by atoms with Crippen molar-refractivity contribution in [2.75, 3.05) is 17.7 Å². The van der Waals surface area contributed by atoms with Crippen LogP contribution in [0.15, 0.2) is 60.9 Å². The molecule has 0 unspecified atom stereocenters. The molecule has 28 heavy (non-hydrogen) atoms. The molecule has 0 spiro atoms. The van der Waals surface area contributed by atoms with Crippen LogP contribution in [-0.2, 0) is 0 Å². The first-order valence-corrected chi connectivity index (χ1v) is 8.93. The van der Waals surface area contributed by atoms with Crippen molar-refractivity contribution in [3.05, 3.63) is 77.6 Å². The van der Waals surface area contributed by atoms with Crippen LogP contribution in [0.3, 0.4) is 0 Å². The Kier molecular flexibility index (Phi) is 4.38. The lowest BCUT2D eigenvalue weighted by Crippen LogP contribution is -2.06. The number of aryl methyl sites for hydroxylation is 1. The number of anilines is 2. The molecule has 1 aromatic carbocycles. The Morgan fingerprint density at radius 3 is 2.75 bits per heavy atom. The molecule has 0 aliphatic carbocycles. The van der Waals surface area contributed by atoms with Crippen molar-refractivity contribution in [2.45, 2.75) is 6.92 Å².